The van der Waals surface area contributed by atoms with Crippen molar-refractivity contribution >= 4 is 11.8 Å². The van der Waals surface area contributed by atoms with Gasteiger partial charge < -0.3 is 14.9 Å². The smallest absolute Gasteiger partial charge is 0.337 e. The Kier molecular flexibility index (Phi) is 8.56. The van der Waals surface area contributed by atoms with E-state index in [1.807, 2.05) is 36.4 Å². The fourth-order valence-electron chi connectivity index (χ4n) is 3.05. The second-order valence-corrected chi connectivity index (χ2v) is 6.52. The fourth-order valence-corrected chi connectivity index (χ4v) is 3.05. The molecule has 0 radical (unpaired) electrons. The number of aliphatic hydroxyl groups is 1. The van der Waals surface area contributed by atoms with E-state index in [0.29, 0.717) is 25.9 Å². The first-order chi connectivity index (χ1) is 13.1. The third-order valence-electron chi connectivity index (χ3n) is 4.50. The molecule has 1 aromatic carbocycles. The maximum atomic E-state index is 12.1. The highest BCUT2D eigenvalue weighted by molar-refractivity contribution is 5.88. The average Bonchev–Trinajstić information content (AvgIpc) is 3.01. The van der Waals surface area contributed by atoms with Crippen molar-refractivity contribution in [1.82, 2.24) is 0 Å². The molecule has 2 rings (SSSR count). The van der Waals surface area contributed by atoms with E-state index in [9.17, 15) is 9.59 Å². The molecular weight excluding hydrogens is 344 g/mol. The zero-order chi connectivity index (χ0) is 19.5. The first-order valence-corrected chi connectivity index (χ1v) is 9.29. The number of carbonyl (C=O) groups is 2. The number of aliphatic carboxylic acids is 1. The van der Waals surface area contributed by atoms with Crippen molar-refractivity contribution in [2.75, 3.05) is 6.61 Å². The van der Waals surface area contributed by atoms with Gasteiger partial charge in [-0.2, -0.15) is 0 Å². The lowest BCUT2D eigenvalue weighted by Crippen LogP contribution is -2.15. The van der Waals surface area contributed by atoms with E-state index in [4.69, 9.17) is 14.9 Å². The summed E-state index contributed by atoms with van der Waals surface area (Å²) in [4.78, 5) is 22.6. The number of carbonyl (C=O) groups excluding carboxylic acids is 1. The number of aliphatic hydroxyl groups excluding tert-OH is 1. The van der Waals surface area contributed by atoms with Gasteiger partial charge in [0.2, 0.25) is 0 Å². The number of allylic oxidation sites excluding steroid dienone is 2. The van der Waals surface area contributed by atoms with Gasteiger partial charge in [-0.15, -0.1) is 5.73 Å². The molecule has 5 nitrogen and oxygen atoms in total. The molecule has 2 atom stereocenters. The quantitative estimate of drug-likeness (QED) is 0.353. The molecule has 0 fully saturated rings. The minimum absolute atomic E-state index is 0.0533. The van der Waals surface area contributed by atoms with E-state index in [1.54, 1.807) is 6.08 Å². The molecule has 0 aromatic heterocycles. The highest BCUT2D eigenvalue weighted by atomic mass is 16.5. The SMILES string of the molecule is O=C(O)C(O)C=C=CCC[C@H]1C(=O)CC=C1CCCCOc1ccccc1. The average molecular weight is 370 g/mol. The Balaban J connectivity index is 1.69. The second kappa shape index (κ2) is 11.2. The van der Waals surface area contributed by atoms with Gasteiger partial charge in [0.25, 0.3) is 0 Å². The zero-order valence-corrected chi connectivity index (χ0v) is 15.3. The molecule has 27 heavy (non-hydrogen) atoms. The van der Waals surface area contributed by atoms with E-state index in [2.05, 4.69) is 5.73 Å². The van der Waals surface area contributed by atoms with Gasteiger partial charge >= 0.3 is 5.97 Å². The minimum Gasteiger partial charge on any atom is -0.494 e. The van der Waals surface area contributed by atoms with Crippen LogP contribution < -0.4 is 4.74 Å². The van der Waals surface area contributed by atoms with Crippen molar-refractivity contribution in [1.29, 1.82) is 0 Å². The van der Waals surface area contributed by atoms with Crippen LogP contribution in [0.1, 0.15) is 38.5 Å². The summed E-state index contributed by atoms with van der Waals surface area (Å²) in [6, 6.07) is 9.72. The first kappa shape index (κ1) is 20.7. The Hall–Kier alpha value is -2.62. The fraction of sp³-hybridized carbons (Fsp3) is 0.409. The summed E-state index contributed by atoms with van der Waals surface area (Å²) in [7, 11) is 0. The van der Waals surface area contributed by atoms with Crippen LogP contribution in [0.4, 0.5) is 0 Å². The van der Waals surface area contributed by atoms with Gasteiger partial charge in [-0.1, -0.05) is 29.8 Å². The van der Waals surface area contributed by atoms with E-state index in [0.717, 1.165) is 31.1 Å². The summed E-state index contributed by atoms with van der Waals surface area (Å²) in [6.07, 6.45) is 7.88. The van der Waals surface area contributed by atoms with E-state index < -0.39 is 12.1 Å². The normalized spacial score (nSPS) is 17.0. The molecule has 0 aliphatic heterocycles. The Morgan fingerprint density at radius 2 is 2.07 bits per heavy atom. The van der Waals surface area contributed by atoms with Gasteiger partial charge in [-0.3, -0.25) is 4.79 Å². The van der Waals surface area contributed by atoms with Crippen LogP contribution in [-0.2, 0) is 9.59 Å². The molecule has 0 bridgehead atoms. The topological polar surface area (TPSA) is 83.8 Å². The van der Waals surface area contributed by atoms with Crippen LogP contribution in [-0.4, -0.2) is 34.7 Å². The molecule has 0 saturated carbocycles. The van der Waals surface area contributed by atoms with Crippen LogP contribution in [0.3, 0.4) is 0 Å². The molecule has 0 spiro atoms. The number of ether oxygens (including phenoxy) is 1. The van der Waals surface area contributed by atoms with Gasteiger partial charge in [0, 0.05) is 12.3 Å². The molecule has 1 aliphatic rings. The number of benzene rings is 1. The summed E-state index contributed by atoms with van der Waals surface area (Å²) in [6.45, 7) is 0.662. The minimum atomic E-state index is -1.54. The summed E-state index contributed by atoms with van der Waals surface area (Å²) in [5, 5.41) is 17.7. The second-order valence-electron chi connectivity index (χ2n) is 6.52. The number of Topliss-reactive ketones (excluding diaryl/α,β-unsaturated/α-hetero) is 1. The number of rotatable bonds is 11. The monoisotopic (exact) mass is 370 g/mol. The van der Waals surface area contributed by atoms with Crippen LogP contribution in [0.25, 0.3) is 0 Å². The Bertz CT molecular complexity index is 713. The lowest BCUT2D eigenvalue weighted by atomic mass is 9.92. The van der Waals surface area contributed by atoms with Crippen LogP contribution in [0.15, 0.2) is 59.9 Å². The third kappa shape index (κ3) is 7.26. The maximum Gasteiger partial charge on any atom is 0.337 e. The number of para-hydroxylation sites is 1. The van der Waals surface area contributed by atoms with Crippen molar-refractivity contribution < 1.29 is 24.5 Å². The van der Waals surface area contributed by atoms with Crippen LogP contribution in [0.5, 0.6) is 5.75 Å². The number of hydrogen-bond acceptors (Lipinski definition) is 4. The predicted octanol–water partition coefficient (Wildman–Crippen LogP) is 3.69. The number of carboxylic acid groups (broad SMARTS) is 1. The Labute approximate surface area is 159 Å². The van der Waals surface area contributed by atoms with Gasteiger partial charge in [0.05, 0.1) is 6.61 Å². The van der Waals surface area contributed by atoms with Crippen molar-refractivity contribution in [2.45, 2.75) is 44.6 Å². The molecule has 0 saturated heterocycles. The summed E-state index contributed by atoms with van der Waals surface area (Å²) < 4.78 is 5.68. The van der Waals surface area contributed by atoms with Crippen LogP contribution in [0, 0.1) is 5.92 Å². The van der Waals surface area contributed by atoms with Crippen LogP contribution >= 0.6 is 0 Å². The molecule has 0 heterocycles. The van der Waals surface area contributed by atoms with E-state index in [-0.39, 0.29) is 11.7 Å². The van der Waals surface area contributed by atoms with E-state index in [1.165, 1.54) is 5.57 Å². The van der Waals surface area contributed by atoms with Crippen LogP contribution in [0.2, 0.25) is 0 Å². The largest absolute Gasteiger partial charge is 0.494 e. The molecular formula is C22H26O5. The van der Waals surface area contributed by atoms with E-state index >= 15 is 0 Å². The lowest BCUT2D eigenvalue weighted by molar-refractivity contribution is -0.144. The standard InChI is InChI=1S/C22H26O5/c23-20-15-14-17(9-7-8-16-27-18-10-3-1-4-11-18)19(20)12-5-2-6-13-21(24)22(25)26/h1-4,10-11,13-14,19,21,24H,5,7-9,12,15-16H2,(H,25,26)/t6?,19-,21?/m1/s1. The number of unbranched alkanes of at least 4 members (excludes halogenated alkanes) is 1. The highest BCUT2D eigenvalue weighted by Crippen LogP contribution is 2.30. The zero-order valence-electron chi connectivity index (χ0n) is 15.3. The summed E-state index contributed by atoms with van der Waals surface area (Å²) in [5.74, 6) is -0.238. The van der Waals surface area contributed by atoms with Gasteiger partial charge in [0.15, 0.2) is 6.10 Å². The Morgan fingerprint density at radius 1 is 1.30 bits per heavy atom. The molecule has 0 amide bonds. The number of ketones is 1. The molecule has 5 heteroatoms. The molecule has 1 unspecified atom stereocenters. The molecule has 144 valence electrons. The molecule has 1 aliphatic carbocycles. The molecule has 1 aromatic rings. The van der Waals surface area contributed by atoms with Crippen molar-refractivity contribution in [3.8, 4) is 5.75 Å². The van der Waals surface area contributed by atoms with Crippen molar-refractivity contribution in [3.63, 3.8) is 0 Å². The van der Waals surface area contributed by atoms with Gasteiger partial charge in [-0.05, 0) is 56.4 Å². The number of carboxylic acids is 1. The summed E-state index contributed by atoms with van der Waals surface area (Å²) >= 11 is 0. The van der Waals surface area contributed by atoms with Gasteiger partial charge in [-0.25, -0.2) is 4.79 Å². The maximum absolute atomic E-state index is 12.1. The third-order valence-corrected chi connectivity index (χ3v) is 4.50. The first-order valence-electron chi connectivity index (χ1n) is 9.29. The lowest BCUT2D eigenvalue weighted by Gasteiger charge is -2.13. The number of hydrogen-bond donors (Lipinski definition) is 2. The van der Waals surface area contributed by atoms with Crippen molar-refractivity contribution in [3.05, 3.63) is 59.9 Å². The van der Waals surface area contributed by atoms with Crippen molar-refractivity contribution in [2.24, 2.45) is 5.92 Å². The van der Waals surface area contributed by atoms with Gasteiger partial charge in [0.1, 0.15) is 11.5 Å². The summed E-state index contributed by atoms with van der Waals surface area (Å²) in [5.41, 5.74) is 3.86. The molecule has 2 N–H and O–H groups in total. The highest BCUT2D eigenvalue weighted by Gasteiger charge is 2.26. The predicted molar refractivity (Wildman–Crippen MR) is 103 cm³/mol. The Morgan fingerprint density at radius 3 is 2.81 bits per heavy atom.